The van der Waals surface area contributed by atoms with E-state index >= 15 is 0 Å². The summed E-state index contributed by atoms with van der Waals surface area (Å²) in [7, 11) is -0.678. The molecule has 0 aliphatic carbocycles. The van der Waals surface area contributed by atoms with Gasteiger partial charge in [0.1, 0.15) is 17.3 Å². The second-order valence-electron chi connectivity index (χ2n) is 6.19. The molecule has 29 heavy (non-hydrogen) atoms. The zero-order valence-corrected chi connectivity index (χ0v) is 17.5. The summed E-state index contributed by atoms with van der Waals surface area (Å²) in [6.45, 7) is 1.79. The molecular weight excluding hydrogens is 412 g/mol. The third-order valence-corrected chi connectivity index (χ3v) is 6.57. The molecule has 0 saturated carbocycles. The number of benzene rings is 2. The highest BCUT2D eigenvalue weighted by atomic mass is 32.2. The SMILES string of the molecule is COc1ccc(S(=O)(=O)Nc2cc(C)nn2-c2nc3ccc(OC)cc3s2)cc1. The Morgan fingerprint density at radius 3 is 2.38 bits per heavy atom. The van der Waals surface area contributed by atoms with E-state index in [1.54, 1.807) is 32.2 Å². The highest BCUT2D eigenvalue weighted by Crippen LogP contribution is 2.30. The second-order valence-corrected chi connectivity index (χ2v) is 8.89. The van der Waals surface area contributed by atoms with Crippen LogP contribution in [0.4, 0.5) is 5.82 Å². The lowest BCUT2D eigenvalue weighted by atomic mass is 10.3. The van der Waals surface area contributed by atoms with Crippen molar-refractivity contribution in [1.29, 1.82) is 0 Å². The monoisotopic (exact) mass is 430 g/mol. The number of ether oxygens (including phenoxy) is 2. The molecule has 10 heteroatoms. The van der Waals surface area contributed by atoms with Gasteiger partial charge in [0, 0.05) is 6.07 Å². The number of nitrogens with zero attached hydrogens (tertiary/aromatic N) is 3. The standard InChI is InChI=1S/C19H18N4O4S2/c1-12-10-18(22-29(24,25)15-7-4-13(26-2)5-8-15)23(21-12)19-20-16-9-6-14(27-3)11-17(16)28-19/h4-11,22H,1-3H3. The van der Waals surface area contributed by atoms with Gasteiger partial charge in [-0.1, -0.05) is 11.3 Å². The Hall–Kier alpha value is -3.11. The van der Waals surface area contributed by atoms with Gasteiger partial charge in [-0.05, 0) is 49.4 Å². The first-order chi connectivity index (χ1) is 13.9. The first-order valence-electron chi connectivity index (χ1n) is 8.58. The molecule has 4 rings (SSSR count). The van der Waals surface area contributed by atoms with E-state index in [9.17, 15) is 8.42 Å². The molecule has 0 fully saturated rings. The van der Waals surface area contributed by atoms with Gasteiger partial charge in [0.25, 0.3) is 10.0 Å². The molecule has 4 aromatic rings. The minimum Gasteiger partial charge on any atom is -0.497 e. The van der Waals surface area contributed by atoms with E-state index in [0.717, 1.165) is 16.0 Å². The van der Waals surface area contributed by atoms with Crippen LogP contribution in [0.1, 0.15) is 5.69 Å². The summed E-state index contributed by atoms with van der Waals surface area (Å²) >= 11 is 1.39. The van der Waals surface area contributed by atoms with Gasteiger partial charge in [-0.25, -0.2) is 13.4 Å². The smallest absolute Gasteiger partial charge is 0.263 e. The molecule has 0 unspecified atom stereocenters. The van der Waals surface area contributed by atoms with E-state index in [4.69, 9.17) is 9.47 Å². The lowest BCUT2D eigenvalue weighted by Crippen LogP contribution is -2.15. The van der Waals surface area contributed by atoms with E-state index in [1.807, 2.05) is 18.2 Å². The van der Waals surface area contributed by atoms with Crippen LogP contribution in [0.15, 0.2) is 53.4 Å². The normalized spacial score (nSPS) is 11.6. The molecule has 0 atom stereocenters. The lowest BCUT2D eigenvalue weighted by molar-refractivity contribution is 0.414. The number of anilines is 1. The molecule has 0 saturated heterocycles. The number of sulfonamides is 1. The summed E-state index contributed by atoms with van der Waals surface area (Å²) in [5.74, 6) is 1.61. The lowest BCUT2D eigenvalue weighted by Gasteiger charge is -2.09. The van der Waals surface area contributed by atoms with Crippen LogP contribution in [0.25, 0.3) is 15.3 Å². The number of nitrogens with one attached hydrogen (secondary N) is 1. The van der Waals surface area contributed by atoms with Gasteiger partial charge in [-0.3, -0.25) is 4.72 Å². The van der Waals surface area contributed by atoms with Crippen molar-refractivity contribution in [3.8, 4) is 16.6 Å². The number of hydrogen-bond acceptors (Lipinski definition) is 7. The highest BCUT2D eigenvalue weighted by molar-refractivity contribution is 7.92. The van der Waals surface area contributed by atoms with Crippen LogP contribution in [0, 0.1) is 6.92 Å². The molecule has 2 aromatic carbocycles. The van der Waals surface area contributed by atoms with Crippen LogP contribution in [-0.4, -0.2) is 37.4 Å². The number of fused-ring (bicyclic) bond motifs is 1. The molecule has 0 aliphatic heterocycles. The zero-order chi connectivity index (χ0) is 20.6. The van der Waals surface area contributed by atoms with Crippen LogP contribution in [0.2, 0.25) is 0 Å². The fourth-order valence-corrected chi connectivity index (χ4v) is 4.77. The van der Waals surface area contributed by atoms with Crippen molar-refractivity contribution >= 4 is 37.4 Å². The summed E-state index contributed by atoms with van der Waals surface area (Å²) in [6, 6.07) is 13.4. The third-order valence-electron chi connectivity index (χ3n) is 4.21. The maximum absolute atomic E-state index is 12.8. The van der Waals surface area contributed by atoms with Crippen LogP contribution in [-0.2, 0) is 10.0 Å². The first kappa shape index (κ1) is 19.2. The fourth-order valence-electron chi connectivity index (χ4n) is 2.78. The van der Waals surface area contributed by atoms with E-state index in [2.05, 4.69) is 14.8 Å². The molecule has 150 valence electrons. The van der Waals surface area contributed by atoms with E-state index in [-0.39, 0.29) is 4.90 Å². The van der Waals surface area contributed by atoms with Crippen molar-refractivity contribution in [2.75, 3.05) is 18.9 Å². The Morgan fingerprint density at radius 2 is 1.69 bits per heavy atom. The number of aromatic nitrogens is 3. The van der Waals surface area contributed by atoms with Crippen molar-refractivity contribution < 1.29 is 17.9 Å². The first-order valence-corrected chi connectivity index (χ1v) is 10.9. The molecule has 2 heterocycles. The molecular formula is C19H18N4O4S2. The summed E-state index contributed by atoms with van der Waals surface area (Å²) in [6.07, 6.45) is 0. The average molecular weight is 431 g/mol. The maximum atomic E-state index is 12.8. The molecule has 8 nitrogen and oxygen atoms in total. The van der Waals surface area contributed by atoms with E-state index in [1.165, 1.54) is 35.3 Å². The molecule has 0 amide bonds. The van der Waals surface area contributed by atoms with Crippen molar-refractivity contribution in [3.05, 3.63) is 54.2 Å². The Labute approximate surface area is 171 Å². The number of rotatable bonds is 6. The van der Waals surface area contributed by atoms with Gasteiger partial charge >= 0.3 is 0 Å². The van der Waals surface area contributed by atoms with E-state index in [0.29, 0.717) is 22.4 Å². The Bertz CT molecular complexity index is 1280. The zero-order valence-electron chi connectivity index (χ0n) is 15.9. The van der Waals surface area contributed by atoms with E-state index < -0.39 is 10.0 Å². The Balaban J connectivity index is 1.71. The quantitative estimate of drug-likeness (QED) is 0.502. The molecule has 2 aromatic heterocycles. The maximum Gasteiger partial charge on any atom is 0.263 e. The number of thiazole rings is 1. The van der Waals surface area contributed by atoms with Gasteiger partial charge in [-0.15, -0.1) is 0 Å². The largest absolute Gasteiger partial charge is 0.497 e. The van der Waals surface area contributed by atoms with Crippen molar-refractivity contribution in [1.82, 2.24) is 14.8 Å². The minimum absolute atomic E-state index is 0.123. The summed E-state index contributed by atoms with van der Waals surface area (Å²) in [5.41, 5.74) is 1.44. The predicted octanol–water partition coefficient (Wildman–Crippen LogP) is 3.61. The third kappa shape index (κ3) is 3.76. The predicted molar refractivity (Wildman–Crippen MR) is 112 cm³/mol. The van der Waals surface area contributed by atoms with Crippen LogP contribution < -0.4 is 14.2 Å². The van der Waals surface area contributed by atoms with Gasteiger partial charge in [-0.2, -0.15) is 9.78 Å². The van der Waals surface area contributed by atoms with Gasteiger partial charge in [0.15, 0.2) is 0 Å². The van der Waals surface area contributed by atoms with Crippen molar-refractivity contribution in [2.24, 2.45) is 0 Å². The molecule has 0 bridgehead atoms. The molecule has 0 spiro atoms. The number of hydrogen-bond donors (Lipinski definition) is 1. The molecule has 0 aliphatic rings. The van der Waals surface area contributed by atoms with Gasteiger partial charge in [0.2, 0.25) is 5.13 Å². The Morgan fingerprint density at radius 1 is 1.00 bits per heavy atom. The molecule has 1 N–H and O–H groups in total. The van der Waals surface area contributed by atoms with Crippen LogP contribution in [0.5, 0.6) is 11.5 Å². The highest BCUT2D eigenvalue weighted by Gasteiger charge is 2.20. The fraction of sp³-hybridized carbons (Fsp3) is 0.158. The van der Waals surface area contributed by atoms with Gasteiger partial charge in [0.05, 0.1) is 35.0 Å². The van der Waals surface area contributed by atoms with Gasteiger partial charge < -0.3 is 9.47 Å². The second kappa shape index (κ2) is 7.37. The Kier molecular flexibility index (Phi) is 4.89. The average Bonchev–Trinajstić information content (AvgIpc) is 3.29. The minimum atomic E-state index is -3.81. The van der Waals surface area contributed by atoms with Crippen molar-refractivity contribution in [3.63, 3.8) is 0 Å². The number of methoxy groups -OCH3 is 2. The van der Waals surface area contributed by atoms with Crippen molar-refractivity contribution in [2.45, 2.75) is 11.8 Å². The van der Waals surface area contributed by atoms with Crippen LogP contribution >= 0.6 is 11.3 Å². The van der Waals surface area contributed by atoms with Crippen LogP contribution in [0.3, 0.4) is 0 Å². The molecule has 0 radical (unpaired) electrons. The topological polar surface area (TPSA) is 95.3 Å². The summed E-state index contributed by atoms with van der Waals surface area (Å²) in [5, 5.41) is 4.96. The summed E-state index contributed by atoms with van der Waals surface area (Å²) in [4.78, 5) is 4.69. The summed E-state index contributed by atoms with van der Waals surface area (Å²) < 4.78 is 41.0. The number of aryl methyl sites for hydroxylation is 1.